The fraction of sp³-hybridized carbons (Fsp3) is 0.294. The monoisotopic (exact) mass is 280 g/mol. The van der Waals surface area contributed by atoms with Gasteiger partial charge in [-0.15, -0.1) is 0 Å². The highest BCUT2D eigenvalue weighted by molar-refractivity contribution is 5.74. The Kier molecular flexibility index (Phi) is 2.70. The van der Waals surface area contributed by atoms with Crippen LogP contribution in [0.5, 0.6) is 0 Å². The number of hydrogen-bond donors (Lipinski definition) is 2. The second kappa shape index (κ2) is 4.58. The van der Waals surface area contributed by atoms with Gasteiger partial charge < -0.3 is 10.1 Å². The lowest BCUT2D eigenvalue weighted by Crippen LogP contribution is -2.14. The van der Waals surface area contributed by atoms with E-state index in [1.54, 1.807) is 0 Å². The van der Waals surface area contributed by atoms with Crippen LogP contribution in [0.4, 0.5) is 0 Å². The molecule has 1 saturated carbocycles. The first-order chi connectivity index (χ1) is 10.2. The second-order valence-corrected chi connectivity index (χ2v) is 5.92. The summed E-state index contributed by atoms with van der Waals surface area (Å²) in [7, 11) is 0. The molecule has 0 unspecified atom stereocenters. The average molecular weight is 280 g/mol. The quantitative estimate of drug-likeness (QED) is 0.656. The van der Waals surface area contributed by atoms with Crippen molar-refractivity contribution in [1.29, 1.82) is 0 Å². The van der Waals surface area contributed by atoms with Gasteiger partial charge in [-0.05, 0) is 36.8 Å². The maximum Gasteiger partial charge on any atom is 0.274 e. The van der Waals surface area contributed by atoms with Crippen LogP contribution in [0.3, 0.4) is 0 Å². The molecule has 2 bridgehead atoms. The largest absolute Gasteiger partial charge is 0.512 e. The predicted octanol–water partition coefficient (Wildman–Crippen LogP) is 3.03. The van der Waals surface area contributed by atoms with E-state index < -0.39 is 0 Å². The number of rotatable bonds is 2. The molecule has 0 radical (unpaired) electrons. The number of nitrogens with one attached hydrogen (secondary N) is 1. The van der Waals surface area contributed by atoms with E-state index in [1.807, 2.05) is 24.3 Å². The van der Waals surface area contributed by atoms with E-state index in [0.29, 0.717) is 17.4 Å². The number of aromatic amines is 1. The standard InChI is InChI=1S/C17H16N2O2/c20-16(12-8-10-5-6-11(12)7-10)9-15-17(21)19-14-4-2-1-3-13(14)18-15/h1-6,9-12,20H,7-8H2,(H,19,21)/b16-9-/t10-,11+,12+/m0/s1. The molecule has 21 heavy (non-hydrogen) atoms. The highest BCUT2D eigenvalue weighted by Crippen LogP contribution is 2.46. The summed E-state index contributed by atoms with van der Waals surface area (Å²) in [5.41, 5.74) is 1.45. The Morgan fingerprint density at radius 2 is 2.14 bits per heavy atom. The van der Waals surface area contributed by atoms with Crippen LogP contribution in [-0.4, -0.2) is 15.1 Å². The molecule has 2 aliphatic carbocycles. The number of para-hydroxylation sites is 2. The average Bonchev–Trinajstić information content (AvgIpc) is 3.10. The van der Waals surface area contributed by atoms with Crippen molar-refractivity contribution in [1.82, 2.24) is 9.97 Å². The van der Waals surface area contributed by atoms with E-state index in [2.05, 4.69) is 22.1 Å². The number of nitrogens with zero attached hydrogens (tertiary/aromatic N) is 1. The first kappa shape index (κ1) is 12.4. The predicted molar refractivity (Wildman–Crippen MR) is 81.8 cm³/mol. The zero-order valence-corrected chi connectivity index (χ0v) is 11.5. The number of hydrogen-bond acceptors (Lipinski definition) is 3. The maximum atomic E-state index is 12.1. The molecule has 106 valence electrons. The van der Waals surface area contributed by atoms with E-state index in [4.69, 9.17) is 0 Å². The molecular formula is C17H16N2O2. The van der Waals surface area contributed by atoms with Gasteiger partial charge in [0.05, 0.1) is 16.8 Å². The molecule has 1 aromatic heterocycles. The molecule has 2 aromatic rings. The molecule has 0 spiro atoms. The summed E-state index contributed by atoms with van der Waals surface area (Å²) in [6.07, 6.45) is 8.03. The minimum atomic E-state index is -0.265. The molecular weight excluding hydrogens is 264 g/mol. The first-order valence-corrected chi connectivity index (χ1v) is 7.28. The van der Waals surface area contributed by atoms with Crippen LogP contribution in [0.15, 0.2) is 47.0 Å². The van der Waals surface area contributed by atoms with Crippen LogP contribution in [0.1, 0.15) is 18.5 Å². The molecule has 1 fully saturated rings. The van der Waals surface area contributed by atoms with E-state index >= 15 is 0 Å². The summed E-state index contributed by atoms with van der Waals surface area (Å²) in [5, 5.41) is 10.4. The molecule has 2 aliphatic rings. The summed E-state index contributed by atoms with van der Waals surface area (Å²) in [6, 6.07) is 7.40. The topological polar surface area (TPSA) is 66.0 Å². The van der Waals surface area contributed by atoms with Gasteiger partial charge >= 0.3 is 0 Å². The number of aliphatic hydroxyl groups excluding tert-OH is 1. The van der Waals surface area contributed by atoms with Crippen molar-refractivity contribution in [2.24, 2.45) is 17.8 Å². The zero-order chi connectivity index (χ0) is 14.4. The summed E-state index contributed by atoms with van der Waals surface area (Å²) >= 11 is 0. The van der Waals surface area contributed by atoms with Gasteiger partial charge in [0.25, 0.3) is 5.56 Å². The number of fused-ring (bicyclic) bond motifs is 3. The van der Waals surface area contributed by atoms with Gasteiger partial charge in [0.2, 0.25) is 0 Å². The molecule has 1 heterocycles. The van der Waals surface area contributed by atoms with Crippen molar-refractivity contribution >= 4 is 17.1 Å². The fourth-order valence-corrected chi connectivity index (χ4v) is 3.51. The van der Waals surface area contributed by atoms with E-state index in [-0.39, 0.29) is 22.9 Å². The third-order valence-electron chi connectivity index (χ3n) is 4.57. The van der Waals surface area contributed by atoms with Gasteiger partial charge in [0.1, 0.15) is 5.69 Å². The van der Waals surface area contributed by atoms with Crippen LogP contribution in [0.2, 0.25) is 0 Å². The Labute approximate surface area is 121 Å². The van der Waals surface area contributed by atoms with Crippen LogP contribution in [0.25, 0.3) is 17.1 Å². The van der Waals surface area contributed by atoms with Gasteiger partial charge in [-0.1, -0.05) is 24.3 Å². The Morgan fingerprint density at radius 1 is 1.29 bits per heavy atom. The van der Waals surface area contributed by atoms with Gasteiger partial charge in [-0.3, -0.25) is 4.79 Å². The van der Waals surface area contributed by atoms with Crippen LogP contribution >= 0.6 is 0 Å². The Balaban J connectivity index is 1.73. The van der Waals surface area contributed by atoms with Crippen LogP contribution in [0, 0.1) is 17.8 Å². The molecule has 0 amide bonds. The van der Waals surface area contributed by atoms with E-state index in [9.17, 15) is 9.90 Å². The van der Waals surface area contributed by atoms with Gasteiger partial charge in [0, 0.05) is 12.0 Å². The van der Waals surface area contributed by atoms with Crippen LogP contribution < -0.4 is 5.56 Å². The smallest absolute Gasteiger partial charge is 0.274 e. The number of benzene rings is 1. The lowest BCUT2D eigenvalue weighted by Gasteiger charge is -2.16. The SMILES string of the molecule is O=c1[nH]c2ccccc2nc1/C=C(\O)[C@@H]1C[C@H]2C=C[C@@H]1C2. The summed E-state index contributed by atoms with van der Waals surface area (Å²) < 4.78 is 0. The van der Waals surface area contributed by atoms with Gasteiger partial charge in [-0.2, -0.15) is 0 Å². The normalized spacial score (nSPS) is 27.6. The number of H-pyrrole nitrogens is 1. The molecule has 0 aliphatic heterocycles. The number of aromatic nitrogens is 2. The molecule has 4 rings (SSSR count). The minimum absolute atomic E-state index is 0.132. The molecule has 2 N–H and O–H groups in total. The molecule has 3 atom stereocenters. The molecule has 1 aromatic carbocycles. The molecule has 0 saturated heterocycles. The summed E-state index contributed by atoms with van der Waals surface area (Å²) in [5.74, 6) is 1.40. The Morgan fingerprint density at radius 3 is 2.90 bits per heavy atom. The maximum absolute atomic E-state index is 12.1. The van der Waals surface area contributed by atoms with Crippen molar-refractivity contribution in [2.45, 2.75) is 12.8 Å². The molecule has 4 heteroatoms. The lowest BCUT2D eigenvalue weighted by atomic mass is 9.91. The third kappa shape index (κ3) is 2.07. The van der Waals surface area contributed by atoms with Crippen LogP contribution in [-0.2, 0) is 0 Å². The number of aliphatic hydroxyl groups is 1. The van der Waals surface area contributed by atoms with Crippen molar-refractivity contribution in [3.63, 3.8) is 0 Å². The first-order valence-electron chi connectivity index (χ1n) is 7.28. The zero-order valence-electron chi connectivity index (χ0n) is 11.5. The summed E-state index contributed by atoms with van der Waals surface area (Å²) in [4.78, 5) is 19.2. The van der Waals surface area contributed by atoms with Crippen molar-refractivity contribution in [3.8, 4) is 0 Å². The minimum Gasteiger partial charge on any atom is -0.512 e. The van der Waals surface area contributed by atoms with E-state index in [1.165, 1.54) is 6.08 Å². The van der Waals surface area contributed by atoms with Crippen molar-refractivity contribution in [2.75, 3.05) is 0 Å². The number of allylic oxidation sites excluding steroid dienone is 3. The highest BCUT2D eigenvalue weighted by Gasteiger charge is 2.37. The Bertz CT molecular complexity index is 819. The Hall–Kier alpha value is -2.36. The van der Waals surface area contributed by atoms with Crippen molar-refractivity contribution < 1.29 is 5.11 Å². The van der Waals surface area contributed by atoms with Gasteiger partial charge in [-0.25, -0.2) is 4.98 Å². The fourth-order valence-electron chi connectivity index (χ4n) is 3.51. The lowest BCUT2D eigenvalue weighted by molar-refractivity contribution is 0.309. The second-order valence-electron chi connectivity index (χ2n) is 5.92. The van der Waals surface area contributed by atoms with E-state index in [0.717, 1.165) is 18.4 Å². The third-order valence-corrected chi connectivity index (χ3v) is 4.57. The van der Waals surface area contributed by atoms with Crippen molar-refractivity contribution in [3.05, 3.63) is 58.2 Å². The highest BCUT2D eigenvalue weighted by atomic mass is 16.3. The summed E-state index contributed by atoms with van der Waals surface area (Å²) in [6.45, 7) is 0. The van der Waals surface area contributed by atoms with Gasteiger partial charge in [0.15, 0.2) is 0 Å². The molecule has 4 nitrogen and oxygen atoms in total.